The number of nitrogens with zero attached hydrogens (tertiary/aromatic N) is 5. The number of benzene rings is 1. The molecule has 1 fully saturated rings. The van der Waals surface area contributed by atoms with Gasteiger partial charge in [-0.1, -0.05) is 12.1 Å². The summed E-state index contributed by atoms with van der Waals surface area (Å²) < 4.78 is 13.9. The van der Waals surface area contributed by atoms with Gasteiger partial charge in [-0.15, -0.1) is 0 Å². The standard InChI is InChI=1S/C29H24FN7/c30-21-5-3-4-19(11-21)28-22-13-26(34-24(22)6-7-32-28)29-23-12-25(33-16-27(23)35-36-29)20-10-18(14-31-15-20)17-37-8-1-2-9-37/h3-7,10-16,34H,1-2,8-9,17H2,(H,35,36). The van der Waals surface area contributed by atoms with Crippen molar-refractivity contribution in [2.75, 3.05) is 13.1 Å². The number of aromatic nitrogens is 6. The van der Waals surface area contributed by atoms with Crippen LogP contribution in [0.5, 0.6) is 0 Å². The predicted octanol–water partition coefficient (Wildman–Crippen LogP) is 5.97. The minimum absolute atomic E-state index is 0.288. The summed E-state index contributed by atoms with van der Waals surface area (Å²) in [5.41, 5.74) is 7.89. The number of aromatic amines is 2. The van der Waals surface area contributed by atoms with Crippen molar-refractivity contribution in [2.45, 2.75) is 19.4 Å². The number of likely N-dealkylation sites (tertiary alicyclic amines) is 1. The van der Waals surface area contributed by atoms with Gasteiger partial charge in [0, 0.05) is 52.6 Å². The van der Waals surface area contributed by atoms with Crippen LogP contribution in [0.15, 0.2) is 73.3 Å². The van der Waals surface area contributed by atoms with E-state index >= 15 is 0 Å². The number of halogens is 1. The van der Waals surface area contributed by atoms with E-state index in [2.05, 4.69) is 47.2 Å². The molecule has 0 amide bonds. The fourth-order valence-electron chi connectivity index (χ4n) is 5.24. The molecule has 1 saturated heterocycles. The lowest BCUT2D eigenvalue weighted by Gasteiger charge is -2.14. The van der Waals surface area contributed by atoms with Gasteiger partial charge in [0.2, 0.25) is 0 Å². The van der Waals surface area contributed by atoms with Crippen molar-refractivity contribution in [2.24, 2.45) is 0 Å². The maximum absolute atomic E-state index is 13.9. The van der Waals surface area contributed by atoms with Crippen molar-refractivity contribution < 1.29 is 4.39 Å². The van der Waals surface area contributed by atoms with Gasteiger partial charge in [0.15, 0.2) is 0 Å². The van der Waals surface area contributed by atoms with E-state index in [1.165, 1.54) is 30.5 Å². The van der Waals surface area contributed by atoms with Crippen LogP contribution in [0.25, 0.3) is 55.7 Å². The van der Waals surface area contributed by atoms with Gasteiger partial charge in [0.1, 0.15) is 11.5 Å². The Balaban J connectivity index is 1.28. The predicted molar refractivity (Wildman–Crippen MR) is 142 cm³/mol. The molecule has 0 bridgehead atoms. The maximum atomic E-state index is 13.9. The highest BCUT2D eigenvalue weighted by Crippen LogP contribution is 2.34. The molecule has 7 rings (SSSR count). The summed E-state index contributed by atoms with van der Waals surface area (Å²) in [7, 11) is 0. The summed E-state index contributed by atoms with van der Waals surface area (Å²) in [6.45, 7) is 3.21. The van der Waals surface area contributed by atoms with Crippen LogP contribution >= 0.6 is 0 Å². The van der Waals surface area contributed by atoms with Gasteiger partial charge >= 0.3 is 0 Å². The molecule has 8 heteroatoms. The van der Waals surface area contributed by atoms with E-state index in [4.69, 9.17) is 0 Å². The third-order valence-electron chi connectivity index (χ3n) is 7.04. The molecule has 0 unspecified atom stereocenters. The molecule has 37 heavy (non-hydrogen) atoms. The number of nitrogens with one attached hydrogen (secondary N) is 2. The van der Waals surface area contributed by atoms with Crippen molar-refractivity contribution >= 4 is 21.8 Å². The Labute approximate surface area is 212 Å². The van der Waals surface area contributed by atoms with Crippen molar-refractivity contribution in [1.29, 1.82) is 0 Å². The van der Waals surface area contributed by atoms with E-state index in [9.17, 15) is 4.39 Å². The van der Waals surface area contributed by atoms with Gasteiger partial charge in [-0.3, -0.25) is 25.0 Å². The number of rotatable bonds is 5. The molecule has 0 atom stereocenters. The molecule has 1 aliphatic rings. The van der Waals surface area contributed by atoms with Gasteiger partial charge in [-0.2, -0.15) is 5.10 Å². The lowest BCUT2D eigenvalue weighted by Crippen LogP contribution is -2.18. The van der Waals surface area contributed by atoms with Crippen LogP contribution in [-0.2, 0) is 6.54 Å². The molecule has 5 aromatic heterocycles. The van der Waals surface area contributed by atoms with Crippen LogP contribution in [0, 0.1) is 5.82 Å². The second kappa shape index (κ2) is 8.90. The maximum Gasteiger partial charge on any atom is 0.123 e. The zero-order valence-corrected chi connectivity index (χ0v) is 20.1. The van der Waals surface area contributed by atoms with Gasteiger partial charge < -0.3 is 4.98 Å². The molecule has 0 saturated carbocycles. The van der Waals surface area contributed by atoms with E-state index in [0.717, 1.165) is 75.3 Å². The Morgan fingerprint density at radius 1 is 0.838 bits per heavy atom. The highest BCUT2D eigenvalue weighted by Gasteiger charge is 2.16. The van der Waals surface area contributed by atoms with E-state index < -0.39 is 0 Å². The molecule has 0 spiro atoms. The summed E-state index contributed by atoms with van der Waals surface area (Å²) in [5.74, 6) is -0.288. The van der Waals surface area contributed by atoms with Crippen molar-refractivity contribution in [3.63, 3.8) is 0 Å². The third-order valence-corrected chi connectivity index (χ3v) is 7.04. The van der Waals surface area contributed by atoms with Crippen molar-refractivity contribution in [3.05, 3.63) is 84.7 Å². The number of H-pyrrole nitrogens is 2. The zero-order valence-electron chi connectivity index (χ0n) is 20.1. The van der Waals surface area contributed by atoms with E-state index in [1.807, 2.05) is 36.8 Å². The quantitative estimate of drug-likeness (QED) is 0.312. The lowest BCUT2D eigenvalue weighted by atomic mass is 10.1. The van der Waals surface area contributed by atoms with Gasteiger partial charge in [0.05, 0.1) is 28.8 Å². The SMILES string of the molecule is Fc1cccc(-c2nccc3[nH]c(-c4n[nH]c5cnc(-c6cncc(CN7CCCC7)c6)cc45)cc23)c1. The summed E-state index contributed by atoms with van der Waals surface area (Å²) in [6.07, 6.45) is 9.89. The molecule has 182 valence electrons. The molecule has 1 aliphatic heterocycles. The molecule has 7 nitrogen and oxygen atoms in total. The highest BCUT2D eigenvalue weighted by molar-refractivity contribution is 6.00. The Hall–Kier alpha value is -4.43. The van der Waals surface area contributed by atoms with E-state index in [0.29, 0.717) is 0 Å². The van der Waals surface area contributed by atoms with Crippen LogP contribution in [0.2, 0.25) is 0 Å². The Morgan fingerprint density at radius 3 is 2.62 bits per heavy atom. The first-order valence-corrected chi connectivity index (χ1v) is 12.5. The van der Waals surface area contributed by atoms with Crippen molar-refractivity contribution in [1.82, 2.24) is 35.0 Å². The van der Waals surface area contributed by atoms with Gasteiger partial charge in [-0.05, 0) is 67.9 Å². The first kappa shape index (κ1) is 21.8. The molecule has 0 radical (unpaired) electrons. The molecule has 6 aromatic rings. The van der Waals surface area contributed by atoms with E-state index in [-0.39, 0.29) is 5.82 Å². The Morgan fingerprint density at radius 2 is 1.73 bits per heavy atom. The molecular weight excluding hydrogens is 465 g/mol. The molecule has 2 N–H and O–H groups in total. The van der Waals surface area contributed by atoms with Crippen LogP contribution in [0.3, 0.4) is 0 Å². The minimum atomic E-state index is -0.288. The number of hydrogen-bond donors (Lipinski definition) is 2. The summed E-state index contributed by atoms with van der Waals surface area (Å²) in [4.78, 5) is 19.7. The normalized spacial score (nSPS) is 14.2. The first-order chi connectivity index (χ1) is 18.2. The number of hydrogen-bond acceptors (Lipinski definition) is 5. The fraction of sp³-hybridized carbons (Fsp3) is 0.172. The monoisotopic (exact) mass is 489 g/mol. The third kappa shape index (κ3) is 4.05. The summed E-state index contributed by atoms with van der Waals surface area (Å²) in [6, 6.07) is 14.7. The number of pyridine rings is 3. The smallest absolute Gasteiger partial charge is 0.123 e. The van der Waals surface area contributed by atoms with E-state index in [1.54, 1.807) is 12.3 Å². The molecule has 6 heterocycles. The summed E-state index contributed by atoms with van der Waals surface area (Å²) in [5, 5.41) is 9.57. The fourth-order valence-corrected chi connectivity index (χ4v) is 5.24. The van der Waals surface area contributed by atoms with Crippen molar-refractivity contribution in [3.8, 4) is 33.9 Å². The van der Waals surface area contributed by atoms with Crippen LogP contribution in [0.1, 0.15) is 18.4 Å². The minimum Gasteiger partial charge on any atom is -0.353 e. The molecule has 0 aliphatic carbocycles. The lowest BCUT2D eigenvalue weighted by molar-refractivity contribution is 0.331. The molecular formula is C29H24FN7. The Bertz CT molecular complexity index is 1750. The first-order valence-electron chi connectivity index (χ1n) is 12.5. The largest absolute Gasteiger partial charge is 0.353 e. The topological polar surface area (TPSA) is 86.4 Å². The van der Waals surface area contributed by atoms with Gasteiger partial charge in [0.25, 0.3) is 0 Å². The average molecular weight is 490 g/mol. The van der Waals surface area contributed by atoms with Crippen LogP contribution in [-0.4, -0.2) is 48.1 Å². The second-order valence-corrected chi connectivity index (χ2v) is 9.57. The zero-order chi connectivity index (χ0) is 24.8. The highest BCUT2D eigenvalue weighted by atomic mass is 19.1. The van der Waals surface area contributed by atoms with Gasteiger partial charge in [-0.25, -0.2) is 4.39 Å². The number of fused-ring (bicyclic) bond motifs is 2. The Kier molecular flexibility index (Phi) is 5.25. The average Bonchev–Trinajstić information content (AvgIpc) is 3.67. The molecule has 1 aromatic carbocycles. The van der Waals surface area contributed by atoms with Crippen LogP contribution in [0.4, 0.5) is 4.39 Å². The second-order valence-electron chi connectivity index (χ2n) is 9.57. The van der Waals surface area contributed by atoms with Crippen LogP contribution < -0.4 is 0 Å². The summed E-state index contributed by atoms with van der Waals surface area (Å²) >= 11 is 0.